The predicted octanol–water partition coefficient (Wildman–Crippen LogP) is 0.629. The molecule has 88 valence electrons. The van der Waals surface area contributed by atoms with E-state index in [2.05, 4.69) is 6.58 Å². The van der Waals surface area contributed by atoms with Gasteiger partial charge in [0.05, 0.1) is 6.61 Å². The summed E-state index contributed by atoms with van der Waals surface area (Å²) in [5.74, 6) is 0.473. The molecule has 1 aromatic rings. The van der Waals surface area contributed by atoms with Gasteiger partial charge < -0.3 is 17.7 Å². The molecule has 0 saturated carbocycles. The molecule has 17 heavy (non-hydrogen) atoms. The minimum atomic E-state index is -5.01. The third-order valence-corrected chi connectivity index (χ3v) is 2.43. The third-order valence-electron chi connectivity index (χ3n) is 2.43. The summed E-state index contributed by atoms with van der Waals surface area (Å²) >= 11 is 0. The van der Waals surface area contributed by atoms with E-state index in [1.54, 1.807) is 12.1 Å². The Morgan fingerprint density at radius 1 is 1.29 bits per heavy atom. The molecule has 6 heteroatoms. The van der Waals surface area contributed by atoms with Crippen LogP contribution in [0.2, 0.25) is 0 Å². The zero-order valence-electron chi connectivity index (χ0n) is 10.3. The molecule has 0 aliphatic carbocycles. The second-order valence-corrected chi connectivity index (χ2v) is 3.72. The van der Waals surface area contributed by atoms with Crippen molar-refractivity contribution in [2.24, 2.45) is 0 Å². The maximum Gasteiger partial charge on any atom is 1.00 e. The Kier molecular flexibility index (Phi) is 7.10. The second kappa shape index (κ2) is 6.99. The van der Waals surface area contributed by atoms with Gasteiger partial charge in [-0.15, -0.1) is 12.1 Å². The maximum atomic E-state index is 12.2. The van der Waals surface area contributed by atoms with Crippen molar-refractivity contribution in [3.05, 3.63) is 41.4 Å². The monoisotopic (exact) mass is 268 g/mol. The molecule has 0 atom stereocenters. The number of ether oxygens (including phenoxy) is 1. The van der Waals surface area contributed by atoms with E-state index in [9.17, 15) is 12.9 Å². The quantitative estimate of drug-likeness (QED) is 0.728. The Labute approximate surface area is 142 Å². The van der Waals surface area contributed by atoms with Crippen LogP contribution < -0.4 is 56.1 Å². The first kappa shape index (κ1) is 17.3. The summed E-state index contributed by atoms with van der Waals surface area (Å²) in [6, 6.07) is 5.28. The summed E-state index contributed by atoms with van der Waals surface area (Å²) in [6.45, 7) is 1.15. The number of hydrogen-bond acceptors (Lipinski definition) is 1. The molecule has 1 nitrogen and oxygen atoms in total. The topological polar surface area (TPSA) is 9.23 Å². The third kappa shape index (κ3) is 5.18. The van der Waals surface area contributed by atoms with Crippen LogP contribution in [-0.4, -0.2) is 13.6 Å². The molecule has 0 bridgehead atoms. The average molecular weight is 268 g/mol. The van der Waals surface area contributed by atoms with Crippen molar-refractivity contribution in [3.63, 3.8) is 0 Å². The Balaban J connectivity index is 0.00000256. The second-order valence-electron chi connectivity index (χ2n) is 3.72. The average Bonchev–Trinajstić information content (AvgIpc) is 2.18. The van der Waals surface area contributed by atoms with Gasteiger partial charge in [0, 0.05) is 0 Å². The van der Waals surface area contributed by atoms with Crippen molar-refractivity contribution in [1.29, 1.82) is 0 Å². The van der Waals surface area contributed by atoms with E-state index in [1.165, 1.54) is 0 Å². The minimum Gasteiger partial charge on any atom is -0.492 e. The molecular weight excluding hydrogens is 255 g/mol. The van der Waals surface area contributed by atoms with Gasteiger partial charge in [0.25, 0.3) is 0 Å². The summed E-state index contributed by atoms with van der Waals surface area (Å²) in [4.78, 5) is 0. The van der Waals surface area contributed by atoms with Crippen molar-refractivity contribution in [1.82, 2.24) is 0 Å². The van der Waals surface area contributed by atoms with Crippen molar-refractivity contribution in [3.8, 4) is 5.75 Å². The number of rotatable bonds is 4. The zero-order valence-corrected chi connectivity index (χ0v) is 13.4. The smallest absolute Gasteiger partial charge is 0.492 e. The first-order valence-corrected chi connectivity index (χ1v) is 4.89. The van der Waals surface area contributed by atoms with E-state index in [4.69, 9.17) is 4.74 Å². The van der Waals surface area contributed by atoms with Crippen LogP contribution in [0.1, 0.15) is 11.1 Å². The largest absolute Gasteiger partial charge is 1.00 e. The van der Waals surface area contributed by atoms with Gasteiger partial charge in [-0.1, -0.05) is 12.1 Å². The molecule has 0 radical (unpaired) electrons. The van der Waals surface area contributed by atoms with Gasteiger partial charge in [0.1, 0.15) is 5.75 Å². The fourth-order valence-electron chi connectivity index (χ4n) is 1.15. The van der Waals surface area contributed by atoms with Crippen LogP contribution in [0.5, 0.6) is 5.75 Å². The SMILES string of the molecule is C=C(COc1cccc(C)c1C)[B-](F)(F)F.[K+]. The van der Waals surface area contributed by atoms with E-state index in [-0.39, 0.29) is 51.4 Å². The molecule has 0 amide bonds. The van der Waals surface area contributed by atoms with Gasteiger partial charge >= 0.3 is 58.4 Å². The Morgan fingerprint density at radius 3 is 2.41 bits per heavy atom. The molecule has 0 aliphatic heterocycles. The van der Waals surface area contributed by atoms with E-state index in [0.29, 0.717) is 5.75 Å². The van der Waals surface area contributed by atoms with Crippen LogP contribution >= 0.6 is 0 Å². The van der Waals surface area contributed by atoms with Crippen molar-refractivity contribution < 1.29 is 69.1 Å². The van der Waals surface area contributed by atoms with Gasteiger partial charge in [0.2, 0.25) is 0 Å². The Hall–Kier alpha value is 0.251. The molecule has 0 unspecified atom stereocenters. The predicted molar refractivity (Wildman–Crippen MR) is 59.6 cm³/mol. The molecular formula is C11H13BF3KO. The number of aryl methyl sites for hydroxylation is 1. The summed E-state index contributed by atoms with van der Waals surface area (Å²) in [5.41, 5.74) is 1.02. The normalized spacial score (nSPS) is 10.6. The van der Waals surface area contributed by atoms with Gasteiger partial charge in [-0.3, -0.25) is 0 Å². The summed E-state index contributed by atoms with van der Waals surface area (Å²) in [5, 5.41) is 0. The molecule has 0 heterocycles. The number of halogens is 3. The molecule has 0 aromatic heterocycles. The van der Waals surface area contributed by atoms with Crippen LogP contribution in [0.25, 0.3) is 0 Å². The fraction of sp³-hybridized carbons (Fsp3) is 0.273. The summed E-state index contributed by atoms with van der Waals surface area (Å²) in [6.07, 6.45) is 0. The van der Waals surface area contributed by atoms with Crippen LogP contribution in [0.15, 0.2) is 30.3 Å². The first-order chi connectivity index (χ1) is 7.32. The molecule has 0 N–H and O–H groups in total. The molecule has 0 aliphatic rings. The van der Waals surface area contributed by atoms with E-state index < -0.39 is 19.1 Å². The minimum absolute atomic E-state index is 0. The van der Waals surface area contributed by atoms with Gasteiger partial charge in [-0.05, 0) is 31.0 Å². The van der Waals surface area contributed by atoms with Crippen LogP contribution in [0.4, 0.5) is 12.9 Å². The van der Waals surface area contributed by atoms with Gasteiger partial charge in [-0.2, -0.15) is 0 Å². The van der Waals surface area contributed by atoms with Gasteiger partial charge in [-0.25, -0.2) is 0 Å². The fourth-order valence-corrected chi connectivity index (χ4v) is 1.15. The van der Waals surface area contributed by atoms with E-state index in [1.807, 2.05) is 19.9 Å². The zero-order chi connectivity index (χ0) is 12.3. The first-order valence-electron chi connectivity index (χ1n) is 4.89. The molecule has 1 rings (SSSR count). The summed E-state index contributed by atoms with van der Waals surface area (Å²) < 4.78 is 41.7. The molecule has 0 spiro atoms. The molecule has 1 aromatic carbocycles. The van der Waals surface area contributed by atoms with Gasteiger partial charge in [0.15, 0.2) is 0 Å². The molecule has 0 fully saturated rings. The van der Waals surface area contributed by atoms with Crippen molar-refractivity contribution >= 4 is 6.98 Å². The van der Waals surface area contributed by atoms with Crippen LogP contribution in [0.3, 0.4) is 0 Å². The molecule has 0 saturated heterocycles. The Bertz CT molecular complexity index is 404. The summed E-state index contributed by atoms with van der Waals surface area (Å²) in [7, 11) is 0. The van der Waals surface area contributed by atoms with Crippen LogP contribution in [-0.2, 0) is 0 Å². The van der Waals surface area contributed by atoms with Crippen molar-refractivity contribution in [2.45, 2.75) is 13.8 Å². The van der Waals surface area contributed by atoms with E-state index >= 15 is 0 Å². The standard InChI is InChI=1S/C11H13BF3O.K/c1-8-5-4-6-11(10(8)3)16-7-9(2)12(13,14)15;/h4-6H,2,7H2,1,3H3;/q-1;+1. The number of hydrogen-bond donors (Lipinski definition) is 0. The van der Waals surface area contributed by atoms with Crippen LogP contribution in [0, 0.1) is 13.8 Å². The Morgan fingerprint density at radius 2 is 1.88 bits per heavy atom. The van der Waals surface area contributed by atoms with Crippen molar-refractivity contribution in [2.75, 3.05) is 6.61 Å². The van der Waals surface area contributed by atoms with E-state index in [0.717, 1.165) is 11.1 Å². The number of benzene rings is 1. The maximum absolute atomic E-state index is 12.2.